The van der Waals surface area contributed by atoms with Crippen LogP contribution in [0.1, 0.15) is 23.0 Å². The molecule has 0 unspecified atom stereocenters. The Labute approximate surface area is 112 Å². The number of hydrogen-bond acceptors (Lipinski definition) is 4. The lowest BCUT2D eigenvalue weighted by molar-refractivity contribution is 0.0593. The molecular formula is C11H13BrN4O2. The standard InChI is InChI=1S/C11H13BrN4O2/c1-4-6-7(10-13-5-14-16(10)2)9(12)15-8(6)11(17)18-3/h5,15H,4H2,1-3H3. The second kappa shape index (κ2) is 4.93. The Kier molecular flexibility index (Phi) is 3.51. The Bertz CT molecular complexity index is 588. The molecular weight excluding hydrogens is 300 g/mol. The fourth-order valence-corrected chi connectivity index (χ4v) is 2.51. The molecule has 0 aromatic carbocycles. The van der Waals surface area contributed by atoms with Gasteiger partial charge in [0, 0.05) is 7.05 Å². The van der Waals surface area contributed by atoms with E-state index in [1.54, 1.807) is 11.7 Å². The number of aromatic nitrogens is 4. The minimum atomic E-state index is -0.388. The van der Waals surface area contributed by atoms with Gasteiger partial charge in [-0.05, 0) is 27.9 Å². The van der Waals surface area contributed by atoms with Crippen molar-refractivity contribution in [3.05, 3.63) is 22.2 Å². The zero-order valence-corrected chi connectivity index (χ0v) is 11.9. The van der Waals surface area contributed by atoms with E-state index in [4.69, 9.17) is 4.74 Å². The predicted molar refractivity (Wildman–Crippen MR) is 69.2 cm³/mol. The van der Waals surface area contributed by atoms with Crippen molar-refractivity contribution < 1.29 is 9.53 Å². The summed E-state index contributed by atoms with van der Waals surface area (Å²) >= 11 is 3.42. The van der Waals surface area contributed by atoms with E-state index < -0.39 is 0 Å². The molecule has 1 N–H and O–H groups in total. The van der Waals surface area contributed by atoms with Crippen molar-refractivity contribution in [2.45, 2.75) is 13.3 Å². The summed E-state index contributed by atoms with van der Waals surface area (Å²) in [7, 11) is 3.16. The van der Waals surface area contributed by atoms with Crippen LogP contribution in [0.5, 0.6) is 0 Å². The molecule has 18 heavy (non-hydrogen) atoms. The third-order valence-corrected chi connectivity index (χ3v) is 3.33. The highest BCUT2D eigenvalue weighted by atomic mass is 79.9. The van der Waals surface area contributed by atoms with Gasteiger partial charge in [-0.3, -0.25) is 0 Å². The molecule has 0 radical (unpaired) electrons. The van der Waals surface area contributed by atoms with Crippen LogP contribution in [0.15, 0.2) is 10.9 Å². The summed E-state index contributed by atoms with van der Waals surface area (Å²) < 4.78 is 7.13. The molecule has 0 aliphatic heterocycles. The van der Waals surface area contributed by atoms with Gasteiger partial charge in [0.25, 0.3) is 0 Å². The van der Waals surface area contributed by atoms with E-state index in [2.05, 4.69) is 31.0 Å². The topological polar surface area (TPSA) is 72.8 Å². The number of nitrogens with one attached hydrogen (secondary N) is 1. The van der Waals surface area contributed by atoms with Gasteiger partial charge < -0.3 is 9.72 Å². The first-order valence-electron chi connectivity index (χ1n) is 5.43. The third kappa shape index (κ3) is 1.94. The number of aromatic amines is 1. The second-order valence-corrected chi connectivity index (χ2v) is 4.51. The van der Waals surface area contributed by atoms with E-state index in [0.717, 1.165) is 11.1 Å². The first-order chi connectivity index (χ1) is 8.60. The minimum absolute atomic E-state index is 0.388. The van der Waals surface area contributed by atoms with Crippen LogP contribution in [0.3, 0.4) is 0 Å². The summed E-state index contributed by atoms with van der Waals surface area (Å²) in [5.41, 5.74) is 2.16. The van der Waals surface area contributed by atoms with Gasteiger partial charge in [0.15, 0.2) is 5.82 Å². The largest absolute Gasteiger partial charge is 0.464 e. The Balaban J connectivity index is 2.65. The van der Waals surface area contributed by atoms with Crippen molar-refractivity contribution in [2.24, 2.45) is 7.05 Å². The number of carbonyl (C=O) groups excluding carboxylic acids is 1. The second-order valence-electron chi connectivity index (χ2n) is 3.72. The van der Waals surface area contributed by atoms with Crippen LogP contribution in [0.2, 0.25) is 0 Å². The van der Waals surface area contributed by atoms with Gasteiger partial charge >= 0.3 is 5.97 Å². The van der Waals surface area contributed by atoms with Crippen molar-refractivity contribution in [1.29, 1.82) is 0 Å². The number of aryl methyl sites for hydroxylation is 1. The molecule has 0 fully saturated rings. The molecule has 0 atom stereocenters. The number of ether oxygens (including phenoxy) is 1. The zero-order chi connectivity index (χ0) is 13.3. The first kappa shape index (κ1) is 12.8. The number of nitrogens with zero attached hydrogens (tertiary/aromatic N) is 3. The number of esters is 1. The van der Waals surface area contributed by atoms with Crippen LogP contribution in [-0.4, -0.2) is 32.8 Å². The molecule has 2 heterocycles. The Hall–Kier alpha value is -1.63. The molecule has 2 rings (SSSR count). The van der Waals surface area contributed by atoms with Crippen LogP contribution < -0.4 is 0 Å². The molecule has 0 amide bonds. The smallest absolute Gasteiger partial charge is 0.354 e. The molecule has 2 aromatic heterocycles. The van der Waals surface area contributed by atoms with Crippen molar-refractivity contribution >= 4 is 21.9 Å². The highest BCUT2D eigenvalue weighted by Gasteiger charge is 2.23. The molecule has 6 nitrogen and oxygen atoms in total. The Morgan fingerprint density at radius 1 is 1.61 bits per heavy atom. The Morgan fingerprint density at radius 3 is 2.83 bits per heavy atom. The molecule has 0 saturated heterocycles. The lowest BCUT2D eigenvalue weighted by atomic mass is 10.1. The van der Waals surface area contributed by atoms with Crippen molar-refractivity contribution in [3.63, 3.8) is 0 Å². The van der Waals surface area contributed by atoms with Crippen LogP contribution in [0.4, 0.5) is 0 Å². The summed E-state index contributed by atoms with van der Waals surface area (Å²) in [6.07, 6.45) is 2.17. The third-order valence-electron chi connectivity index (χ3n) is 2.74. The van der Waals surface area contributed by atoms with Gasteiger partial charge in [-0.2, -0.15) is 5.10 Å². The average molecular weight is 313 g/mol. The lowest BCUT2D eigenvalue weighted by Gasteiger charge is -2.03. The SMILES string of the molecule is CCc1c(C(=O)OC)[nH]c(Br)c1-c1ncnn1C. The van der Waals surface area contributed by atoms with Gasteiger partial charge in [-0.1, -0.05) is 6.92 Å². The number of methoxy groups -OCH3 is 1. The highest BCUT2D eigenvalue weighted by molar-refractivity contribution is 9.10. The molecule has 0 aliphatic rings. The molecule has 7 heteroatoms. The van der Waals surface area contributed by atoms with E-state index in [1.165, 1.54) is 13.4 Å². The number of carbonyl (C=O) groups is 1. The summed E-state index contributed by atoms with van der Waals surface area (Å²) in [5.74, 6) is 0.311. The fourth-order valence-electron chi connectivity index (χ4n) is 1.89. The van der Waals surface area contributed by atoms with Crippen molar-refractivity contribution in [3.8, 4) is 11.4 Å². The van der Waals surface area contributed by atoms with Crippen LogP contribution in [0, 0.1) is 0 Å². The van der Waals surface area contributed by atoms with E-state index >= 15 is 0 Å². The molecule has 0 saturated carbocycles. The average Bonchev–Trinajstić information content (AvgIpc) is 2.91. The van der Waals surface area contributed by atoms with Gasteiger partial charge in [-0.15, -0.1) is 0 Å². The molecule has 0 aliphatic carbocycles. The molecule has 2 aromatic rings. The van der Waals surface area contributed by atoms with Gasteiger partial charge in [0.05, 0.1) is 17.3 Å². The summed E-state index contributed by atoms with van der Waals surface area (Å²) in [5, 5.41) is 4.04. The number of rotatable bonds is 3. The molecule has 0 bridgehead atoms. The normalized spacial score (nSPS) is 10.7. The maximum absolute atomic E-state index is 11.7. The summed E-state index contributed by atoms with van der Waals surface area (Å²) in [4.78, 5) is 18.9. The van der Waals surface area contributed by atoms with Crippen molar-refractivity contribution in [1.82, 2.24) is 19.7 Å². The van der Waals surface area contributed by atoms with Crippen LogP contribution in [0.25, 0.3) is 11.4 Å². The summed E-state index contributed by atoms with van der Waals surface area (Å²) in [6.45, 7) is 1.97. The fraction of sp³-hybridized carbons (Fsp3) is 0.364. The van der Waals surface area contributed by atoms with Crippen LogP contribution >= 0.6 is 15.9 Å². The van der Waals surface area contributed by atoms with Crippen molar-refractivity contribution in [2.75, 3.05) is 7.11 Å². The number of H-pyrrole nitrogens is 1. The van der Waals surface area contributed by atoms with E-state index in [1.807, 2.05) is 6.92 Å². The number of halogens is 1. The van der Waals surface area contributed by atoms with Crippen LogP contribution in [-0.2, 0) is 18.2 Å². The first-order valence-corrected chi connectivity index (χ1v) is 6.22. The quantitative estimate of drug-likeness (QED) is 0.879. The predicted octanol–water partition coefficient (Wildman–Crippen LogP) is 1.92. The van der Waals surface area contributed by atoms with E-state index in [0.29, 0.717) is 22.5 Å². The lowest BCUT2D eigenvalue weighted by Crippen LogP contribution is -2.05. The molecule has 96 valence electrons. The van der Waals surface area contributed by atoms with Gasteiger partial charge in [0.2, 0.25) is 0 Å². The Morgan fingerprint density at radius 2 is 2.33 bits per heavy atom. The highest BCUT2D eigenvalue weighted by Crippen LogP contribution is 2.33. The van der Waals surface area contributed by atoms with E-state index in [9.17, 15) is 4.79 Å². The monoisotopic (exact) mass is 312 g/mol. The maximum atomic E-state index is 11.7. The molecule has 0 spiro atoms. The minimum Gasteiger partial charge on any atom is -0.464 e. The van der Waals surface area contributed by atoms with Gasteiger partial charge in [-0.25, -0.2) is 14.5 Å². The summed E-state index contributed by atoms with van der Waals surface area (Å²) in [6, 6.07) is 0. The van der Waals surface area contributed by atoms with Gasteiger partial charge in [0.1, 0.15) is 12.0 Å². The number of hydrogen-bond donors (Lipinski definition) is 1. The zero-order valence-electron chi connectivity index (χ0n) is 10.3. The maximum Gasteiger partial charge on any atom is 0.354 e. The van der Waals surface area contributed by atoms with E-state index in [-0.39, 0.29) is 5.97 Å².